The van der Waals surface area contributed by atoms with Crippen LogP contribution in [0.2, 0.25) is 0 Å². The topological polar surface area (TPSA) is 20.3 Å². The quantitative estimate of drug-likeness (QED) is 0.852. The molecule has 0 aliphatic carbocycles. The number of benzene rings is 1. The molecule has 1 aromatic carbocycles. The van der Waals surface area contributed by atoms with Gasteiger partial charge in [0, 0.05) is 16.9 Å². The van der Waals surface area contributed by atoms with Gasteiger partial charge >= 0.3 is 0 Å². The molecule has 0 aromatic heterocycles. The molecule has 0 atom stereocenters. The van der Waals surface area contributed by atoms with Gasteiger partial charge in [0.1, 0.15) is 11.6 Å². The van der Waals surface area contributed by atoms with Gasteiger partial charge in [0.15, 0.2) is 0 Å². The standard InChI is InChI=1S/C14H17BrFNO/c1-10(18)11-4-6-17(7-5-11)9-12-2-3-13(16)8-14(12)15/h2-3,8,11H,4-7,9H2,1H3. The average molecular weight is 314 g/mol. The smallest absolute Gasteiger partial charge is 0.133 e. The molecule has 18 heavy (non-hydrogen) atoms. The summed E-state index contributed by atoms with van der Waals surface area (Å²) in [5, 5.41) is 0. The van der Waals surface area contributed by atoms with Gasteiger partial charge < -0.3 is 0 Å². The number of hydrogen-bond acceptors (Lipinski definition) is 2. The van der Waals surface area contributed by atoms with E-state index in [4.69, 9.17) is 0 Å². The Balaban J connectivity index is 1.93. The molecular formula is C14H17BrFNO. The summed E-state index contributed by atoms with van der Waals surface area (Å²) in [5.74, 6) is 0.316. The van der Waals surface area contributed by atoms with E-state index in [1.807, 2.05) is 6.07 Å². The Morgan fingerprint density at radius 3 is 2.67 bits per heavy atom. The number of piperidine rings is 1. The summed E-state index contributed by atoms with van der Waals surface area (Å²) >= 11 is 3.39. The first kappa shape index (κ1) is 13.7. The van der Waals surface area contributed by atoms with Crippen LogP contribution in [0, 0.1) is 11.7 Å². The van der Waals surface area contributed by atoms with Gasteiger partial charge in [-0.25, -0.2) is 4.39 Å². The lowest BCUT2D eigenvalue weighted by atomic mass is 9.93. The highest BCUT2D eigenvalue weighted by molar-refractivity contribution is 9.10. The zero-order valence-corrected chi connectivity index (χ0v) is 12.0. The maximum absolute atomic E-state index is 13.0. The van der Waals surface area contributed by atoms with Gasteiger partial charge in [0.2, 0.25) is 0 Å². The van der Waals surface area contributed by atoms with Crippen molar-refractivity contribution in [2.24, 2.45) is 5.92 Å². The average Bonchev–Trinajstić information content (AvgIpc) is 2.33. The second kappa shape index (κ2) is 5.93. The first-order valence-electron chi connectivity index (χ1n) is 6.23. The second-order valence-corrected chi connectivity index (χ2v) is 5.75. The Morgan fingerprint density at radius 2 is 2.11 bits per heavy atom. The Hall–Kier alpha value is -0.740. The van der Waals surface area contributed by atoms with Crippen molar-refractivity contribution in [3.8, 4) is 0 Å². The highest BCUT2D eigenvalue weighted by Gasteiger charge is 2.22. The summed E-state index contributed by atoms with van der Waals surface area (Å²) in [6.07, 6.45) is 1.88. The number of carbonyl (C=O) groups excluding carboxylic acids is 1. The predicted molar refractivity (Wildman–Crippen MR) is 72.8 cm³/mol. The third-order valence-corrected chi connectivity index (χ3v) is 4.31. The summed E-state index contributed by atoms with van der Waals surface area (Å²) in [6, 6.07) is 4.80. The lowest BCUT2D eigenvalue weighted by molar-refractivity contribution is -0.122. The SMILES string of the molecule is CC(=O)C1CCN(Cc2ccc(F)cc2Br)CC1. The van der Waals surface area contributed by atoms with Crippen LogP contribution in [0.1, 0.15) is 25.3 Å². The molecule has 1 fully saturated rings. The highest BCUT2D eigenvalue weighted by atomic mass is 79.9. The number of carbonyl (C=O) groups is 1. The monoisotopic (exact) mass is 313 g/mol. The van der Waals surface area contributed by atoms with Gasteiger partial charge in [0.25, 0.3) is 0 Å². The molecule has 0 saturated carbocycles. The van der Waals surface area contributed by atoms with Gasteiger partial charge in [-0.15, -0.1) is 0 Å². The maximum Gasteiger partial charge on any atom is 0.133 e. The van der Waals surface area contributed by atoms with Crippen LogP contribution in [-0.2, 0) is 11.3 Å². The number of nitrogens with zero attached hydrogens (tertiary/aromatic N) is 1. The fourth-order valence-electron chi connectivity index (χ4n) is 2.39. The van der Waals surface area contributed by atoms with Crippen molar-refractivity contribution in [3.63, 3.8) is 0 Å². The van der Waals surface area contributed by atoms with Crippen molar-refractivity contribution in [2.75, 3.05) is 13.1 Å². The van der Waals surface area contributed by atoms with Crippen LogP contribution in [0.5, 0.6) is 0 Å². The van der Waals surface area contributed by atoms with Crippen molar-refractivity contribution >= 4 is 21.7 Å². The van der Waals surface area contributed by atoms with Gasteiger partial charge in [0.05, 0.1) is 0 Å². The molecule has 1 aromatic rings. The molecule has 0 spiro atoms. The number of halogens is 2. The molecule has 0 amide bonds. The zero-order valence-electron chi connectivity index (χ0n) is 10.5. The molecule has 1 heterocycles. The van der Waals surface area contributed by atoms with E-state index in [1.54, 1.807) is 6.92 Å². The molecule has 2 rings (SSSR count). The highest BCUT2D eigenvalue weighted by Crippen LogP contribution is 2.23. The van der Waals surface area contributed by atoms with E-state index in [9.17, 15) is 9.18 Å². The third kappa shape index (κ3) is 3.39. The van der Waals surface area contributed by atoms with Gasteiger partial charge in [-0.05, 0) is 50.6 Å². The van der Waals surface area contributed by atoms with E-state index < -0.39 is 0 Å². The van der Waals surface area contributed by atoms with Crippen LogP contribution in [0.4, 0.5) is 4.39 Å². The maximum atomic E-state index is 13.0. The fourth-order valence-corrected chi connectivity index (χ4v) is 2.86. The summed E-state index contributed by atoms with van der Waals surface area (Å²) in [6.45, 7) is 4.37. The number of likely N-dealkylation sites (tertiary alicyclic amines) is 1. The number of hydrogen-bond donors (Lipinski definition) is 0. The van der Waals surface area contributed by atoms with E-state index in [0.29, 0.717) is 5.78 Å². The largest absolute Gasteiger partial charge is 0.300 e. The van der Waals surface area contributed by atoms with E-state index in [1.165, 1.54) is 12.1 Å². The van der Waals surface area contributed by atoms with Crippen LogP contribution < -0.4 is 0 Å². The minimum absolute atomic E-state index is 0.221. The van der Waals surface area contributed by atoms with Crippen LogP contribution in [0.25, 0.3) is 0 Å². The minimum Gasteiger partial charge on any atom is -0.300 e. The molecule has 0 unspecified atom stereocenters. The van der Waals surface area contributed by atoms with Gasteiger partial charge in [-0.1, -0.05) is 22.0 Å². The molecule has 1 aliphatic rings. The van der Waals surface area contributed by atoms with Crippen molar-refractivity contribution in [1.82, 2.24) is 4.90 Å². The first-order valence-corrected chi connectivity index (χ1v) is 7.02. The van der Waals surface area contributed by atoms with Crippen LogP contribution in [0.3, 0.4) is 0 Å². The van der Waals surface area contributed by atoms with E-state index in [2.05, 4.69) is 20.8 Å². The second-order valence-electron chi connectivity index (χ2n) is 4.90. The van der Waals surface area contributed by atoms with Gasteiger partial charge in [-0.3, -0.25) is 9.69 Å². The molecule has 1 aliphatic heterocycles. The third-order valence-electron chi connectivity index (χ3n) is 3.57. The summed E-state index contributed by atoms with van der Waals surface area (Å²) in [5.41, 5.74) is 1.10. The summed E-state index contributed by atoms with van der Waals surface area (Å²) in [4.78, 5) is 13.6. The Morgan fingerprint density at radius 1 is 1.44 bits per heavy atom. The summed E-state index contributed by atoms with van der Waals surface area (Å²) < 4.78 is 13.8. The minimum atomic E-state index is -0.221. The summed E-state index contributed by atoms with van der Waals surface area (Å²) in [7, 11) is 0. The van der Waals surface area contributed by atoms with Gasteiger partial charge in [-0.2, -0.15) is 0 Å². The Labute approximate surface area is 115 Å². The van der Waals surface area contributed by atoms with Crippen molar-refractivity contribution in [1.29, 1.82) is 0 Å². The van der Waals surface area contributed by atoms with Crippen LogP contribution in [-0.4, -0.2) is 23.8 Å². The number of Topliss-reactive ketones (excluding diaryl/α,β-unsaturated/α-hetero) is 1. The molecular weight excluding hydrogens is 297 g/mol. The number of rotatable bonds is 3. The molecule has 0 bridgehead atoms. The van der Waals surface area contributed by atoms with Crippen LogP contribution in [0.15, 0.2) is 22.7 Å². The molecule has 4 heteroatoms. The molecule has 0 radical (unpaired) electrons. The molecule has 1 saturated heterocycles. The normalized spacial score (nSPS) is 17.9. The number of ketones is 1. The predicted octanol–water partition coefficient (Wildman–Crippen LogP) is 3.39. The molecule has 0 N–H and O–H groups in total. The molecule has 2 nitrogen and oxygen atoms in total. The van der Waals surface area contributed by atoms with Crippen molar-refractivity contribution in [2.45, 2.75) is 26.3 Å². The van der Waals surface area contributed by atoms with Crippen molar-refractivity contribution in [3.05, 3.63) is 34.1 Å². The fraction of sp³-hybridized carbons (Fsp3) is 0.500. The Bertz CT molecular complexity index is 441. The van der Waals surface area contributed by atoms with Crippen molar-refractivity contribution < 1.29 is 9.18 Å². The van der Waals surface area contributed by atoms with Crippen LogP contribution >= 0.6 is 15.9 Å². The first-order chi connectivity index (χ1) is 8.56. The van der Waals surface area contributed by atoms with E-state index in [-0.39, 0.29) is 11.7 Å². The van der Waals surface area contributed by atoms with E-state index in [0.717, 1.165) is 42.5 Å². The molecule has 98 valence electrons. The van der Waals surface area contributed by atoms with E-state index >= 15 is 0 Å². The lowest BCUT2D eigenvalue weighted by Gasteiger charge is -2.31. The Kier molecular flexibility index (Phi) is 4.51. The lowest BCUT2D eigenvalue weighted by Crippen LogP contribution is -2.35. The zero-order chi connectivity index (χ0) is 13.1.